The van der Waals surface area contributed by atoms with E-state index in [1.165, 1.54) is 6.20 Å². The summed E-state index contributed by atoms with van der Waals surface area (Å²) in [4.78, 5) is 28.9. The van der Waals surface area contributed by atoms with Gasteiger partial charge in [-0.1, -0.05) is 0 Å². The van der Waals surface area contributed by atoms with Gasteiger partial charge in [0.05, 0.1) is 17.0 Å². The number of carbonyl (C=O) groups is 1. The van der Waals surface area contributed by atoms with Crippen LogP contribution in [0.1, 0.15) is 21.7 Å². The molecule has 7 heteroatoms. The fourth-order valence-electron chi connectivity index (χ4n) is 2.69. The van der Waals surface area contributed by atoms with Gasteiger partial charge in [0, 0.05) is 38.6 Å². The first-order valence-electron chi connectivity index (χ1n) is 7.60. The van der Waals surface area contributed by atoms with Crippen molar-refractivity contribution in [3.8, 4) is 0 Å². The van der Waals surface area contributed by atoms with E-state index in [4.69, 9.17) is 5.73 Å². The molecule has 0 bridgehead atoms. The lowest BCUT2D eigenvalue weighted by Gasteiger charge is -2.36. The molecule has 0 unspecified atom stereocenters. The Kier molecular flexibility index (Phi) is 4.10. The highest BCUT2D eigenvalue weighted by Gasteiger charge is 2.21. The number of rotatable bonds is 3. The van der Waals surface area contributed by atoms with Crippen molar-refractivity contribution < 1.29 is 4.79 Å². The van der Waals surface area contributed by atoms with E-state index in [0.29, 0.717) is 5.56 Å². The van der Waals surface area contributed by atoms with Crippen molar-refractivity contribution in [2.45, 2.75) is 13.8 Å². The maximum atomic E-state index is 11.1. The number of hydrogen-bond acceptors (Lipinski definition) is 6. The Morgan fingerprint density at radius 3 is 2.35 bits per heavy atom. The van der Waals surface area contributed by atoms with E-state index in [2.05, 4.69) is 24.8 Å². The fourth-order valence-corrected chi connectivity index (χ4v) is 2.69. The zero-order valence-electron chi connectivity index (χ0n) is 13.4. The minimum absolute atomic E-state index is 0.429. The van der Waals surface area contributed by atoms with Gasteiger partial charge in [-0.3, -0.25) is 9.78 Å². The molecule has 2 aromatic rings. The van der Waals surface area contributed by atoms with Gasteiger partial charge in [-0.15, -0.1) is 0 Å². The molecule has 23 heavy (non-hydrogen) atoms. The average molecular weight is 312 g/mol. The molecule has 1 aliphatic rings. The van der Waals surface area contributed by atoms with Crippen LogP contribution in [0.15, 0.2) is 24.5 Å². The molecular weight excluding hydrogens is 292 g/mol. The van der Waals surface area contributed by atoms with Gasteiger partial charge < -0.3 is 15.5 Å². The van der Waals surface area contributed by atoms with E-state index >= 15 is 0 Å². The number of nitrogens with zero attached hydrogens (tertiary/aromatic N) is 5. The van der Waals surface area contributed by atoms with Crippen LogP contribution < -0.4 is 15.5 Å². The van der Waals surface area contributed by atoms with E-state index in [1.807, 2.05) is 19.9 Å². The number of aromatic nitrogens is 3. The predicted molar refractivity (Wildman–Crippen MR) is 88.7 cm³/mol. The monoisotopic (exact) mass is 312 g/mol. The van der Waals surface area contributed by atoms with Crippen molar-refractivity contribution in [3.05, 3.63) is 41.5 Å². The largest absolute Gasteiger partial charge is 0.366 e. The zero-order chi connectivity index (χ0) is 16.4. The van der Waals surface area contributed by atoms with Crippen LogP contribution in [0.25, 0.3) is 0 Å². The molecule has 3 heterocycles. The van der Waals surface area contributed by atoms with E-state index in [9.17, 15) is 4.79 Å². The van der Waals surface area contributed by atoms with E-state index < -0.39 is 5.91 Å². The smallest absolute Gasteiger partial charge is 0.250 e. The molecule has 0 spiro atoms. The third-order valence-corrected chi connectivity index (χ3v) is 3.99. The molecule has 3 rings (SSSR count). The highest BCUT2D eigenvalue weighted by atomic mass is 16.1. The van der Waals surface area contributed by atoms with Gasteiger partial charge in [0.15, 0.2) is 0 Å². The summed E-state index contributed by atoms with van der Waals surface area (Å²) >= 11 is 0. The predicted octanol–water partition coefficient (Wildman–Crippen LogP) is 0.914. The topological polar surface area (TPSA) is 88.2 Å². The molecule has 2 aromatic heterocycles. The number of aryl methyl sites for hydroxylation is 2. The second kappa shape index (κ2) is 6.20. The summed E-state index contributed by atoms with van der Waals surface area (Å²) < 4.78 is 0. The van der Waals surface area contributed by atoms with Gasteiger partial charge in [-0.25, -0.2) is 9.97 Å². The van der Waals surface area contributed by atoms with Crippen LogP contribution in [0.5, 0.6) is 0 Å². The van der Waals surface area contributed by atoms with Gasteiger partial charge in [0.1, 0.15) is 11.6 Å². The number of carbonyl (C=O) groups excluding carboxylic acids is 1. The Hall–Kier alpha value is -2.70. The Morgan fingerprint density at radius 1 is 1.04 bits per heavy atom. The molecule has 1 saturated heterocycles. The van der Waals surface area contributed by atoms with Crippen LogP contribution >= 0.6 is 0 Å². The number of primary amides is 1. The maximum Gasteiger partial charge on any atom is 0.250 e. The fraction of sp³-hybridized carbons (Fsp3) is 0.375. The minimum atomic E-state index is -0.456. The molecule has 0 radical (unpaired) electrons. The number of hydrogen-bond donors (Lipinski definition) is 1. The number of anilines is 2. The highest BCUT2D eigenvalue weighted by molar-refractivity contribution is 5.92. The second-order valence-corrected chi connectivity index (χ2v) is 5.66. The summed E-state index contributed by atoms with van der Waals surface area (Å²) in [5, 5.41) is 0. The van der Waals surface area contributed by atoms with E-state index in [0.717, 1.165) is 49.2 Å². The summed E-state index contributed by atoms with van der Waals surface area (Å²) in [6.45, 7) is 7.35. The summed E-state index contributed by atoms with van der Waals surface area (Å²) in [7, 11) is 0. The molecule has 0 aromatic carbocycles. The van der Waals surface area contributed by atoms with Crippen LogP contribution in [0.4, 0.5) is 11.6 Å². The van der Waals surface area contributed by atoms with Gasteiger partial charge in [0.2, 0.25) is 5.91 Å². The molecule has 120 valence electrons. The molecule has 0 saturated carbocycles. The van der Waals surface area contributed by atoms with Crippen LogP contribution in [0.3, 0.4) is 0 Å². The van der Waals surface area contributed by atoms with Crippen LogP contribution in [0, 0.1) is 13.8 Å². The molecule has 0 aliphatic carbocycles. The van der Waals surface area contributed by atoms with Gasteiger partial charge in [0.25, 0.3) is 0 Å². The van der Waals surface area contributed by atoms with Crippen molar-refractivity contribution in [3.63, 3.8) is 0 Å². The second-order valence-electron chi connectivity index (χ2n) is 5.66. The molecule has 1 aliphatic heterocycles. The standard InChI is InChI=1S/C16H20N6O/c1-11-9-18-12(2)16(20-11)22-7-5-21(6-8-22)14-4-3-13(10-19-14)15(17)23/h3-4,9-10H,5-8H2,1-2H3,(H2,17,23). The van der Waals surface area contributed by atoms with Gasteiger partial charge in [-0.2, -0.15) is 0 Å². The Morgan fingerprint density at radius 2 is 1.74 bits per heavy atom. The number of pyridine rings is 1. The van der Waals surface area contributed by atoms with Crippen LogP contribution in [-0.4, -0.2) is 47.0 Å². The minimum Gasteiger partial charge on any atom is -0.366 e. The van der Waals surface area contributed by atoms with Crippen molar-refractivity contribution >= 4 is 17.5 Å². The van der Waals surface area contributed by atoms with Crippen molar-refractivity contribution in [2.75, 3.05) is 36.0 Å². The number of piperazine rings is 1. The average Bonchev–Trinajstić information content (AvgIpc) is 2.57. The Bertz CT molecular complexity index is 707. The lowest BCUT2D eigenvalue weighted by atomic mass is 10.2. The van der Waals surface area contributed by atoms with Crippen molar-refractivity contribution in [1.82, 2.24) is 15.0 Å². The SMILES string of the molecule is Cc1cnc(C)c(N2CCN(c3ccc(C(N)=O)cn3)CC2)n1. The van der Waals surface area contributed by atoms with Crippen LogP contribution in [-0.2, 0) is 0 Å². The number of amides is 1. The Labute approximate surface area is 135 Å². The quantitative estimate of drug-likeness (QED) is 0.906. The normalized spacial score (nSPS) is 14.9. The first-order valence-corrected chi connectivity index (χ1v) is 7.60. The summed E-state index contributed by atoms with van der Waals surface area (Å²) in [5.41, 5.74) is 7.55. The summed E-state index contributed by atoms with van der Waals surface area (Å²) in [5.74, 6) is 1.37. The van der Waals surface area contributed by atoms with Crippen molar-refractivity contribution in [1.29, 1.82) is 0 Å². The lowest BCUT2D eigenvalue weighted by Crippen LogP contribution is -2.47. The van der Waals surface area contributed by atoms with Crippen LogP contribution in [0.2, 0.25) is 0 Å². The lowest BCUT2D eigenvalue weighted by molar-refractivity contribution is 0.1000. The maximum absolute atomic E-state index is 11.1. The molecule has 2 N–H and O–H groups in total. The molecule has 1 fully saturated rings. The Balaban J connectivity index is 1.68. The summed E-state index contributed by atoms with van der Waals surface area (Å²) in [6.07, 6.45) is 3.32. The van der Waals surface area contributed by atoms with E-state index in [-0.39, 0.29) is 0 Å². The van der Waals surface area contributed by atoms with Gasteiger partial charge >= 0.3 is 0 Å². The summed E-state index contributed by atoms with van der Waals surface area (Å²) in [6, 6.07) is 3.56. The first kappa shape index (κ1) is 15.2. The molecule has 7 nitrogen and oxygen atoms in total. The third-order valence-electron chi connectivity index (χ3n) is 3.99. The molecular formula is C16H20N6O. The van der Waals surface area contributed by atoms with Crippen molar-refractivity contribution in [2.24, 2.45) is 5.73 Å². The highest BCUT2D eigenvalue weighted by Crippen LogP contribution is 2.20. The number of nitrogens with two attached hydrogens (primary N) is 1. The van der Waals surface area contributed by atoms with Gasteiger partial charge in [-0.05, 0) is 26.0 Å². The molecule has 0 atom stereocenters. The third kappa shape index (κ3) is 3.23. The molecule has 1 amide bonds. The first-order chi connectivity index (χ1) is 11.0. The van der Waals surface area contributed by atoms with E-state index in [1.54, 1.807) is 12.3 Å². The zero-order valence-corrected chi connectivity index (χ0v) is 13.4.